The summed E-state index contributed by atoms with van der Waals surface area (Å²) in [5.74, 6) is 1.32. The van der Waals surface area contributed by atoms with Crippen molar-refractivity contribution in [2.75, 3.05) is 20.7 Å². The molecule has 0 saturated carbocycles. The van der Waals surface area contributed by atoms with Crippen LogP contribution in [0.25, 0.3) is 11.1 Å². The average molecular weight is 375 g/mol. The van der Waals surface area contributed by atoms with Gasteiger partial charge >= 0.3 is 0 Å². The van der Waals surface area contributed by atoms with Crippen LogP contribution in [0, 0.1) is 0 Å². The molecule has 0 aromatic heterocycles. The van der Waals surface area contributed by atoms with Crippen molar-refractivity contribution in [2.24, 2.45) is 0 Å². The van der Waals surface area contributed by atoms with Crippen molar-refractivity contribution >= 4 is 0 Å². The van der Waals surface area contributed by atoms with Crippen LogP contribution in [-0.2, 0) is 13.2 Å². The first-order chi connectivity index (χ1) is 13.7. The van der Waals surface area contributed by atoms with E-state index in [0.29, 0.717) is 24.7 Å². The molecular formula is C24H25NO3. The second-order valence-electron chi connectivity index (χ2n) is 7.23. The van der Waals surface area contributed by atoms with Crippen LogP contribution in [0.2, 0.25) is 0 Å². The van der Waals surface area contributed by atoms with Gasteiger partial charge in [0.2, 0.25) is 0 Å². The van der Waals surface area contributed by atoms with Gasteiger partial charge in [-0.2, -0.15) is 0 Å². The van der Waals surface area contributed by atoms with E-state index in [2.05, 4.69) is 23.1 Å². The van der Waals surface area contributed by atoms with Crippen LogP contribution in [-0.4, -0.2) is 30.7 Å². The van der Waals surface area contributed by atoms with Gasteiger partial charge in [-0.1, -0.05) is 54.6 Å². The molecule has 4 heteroatoms. The second-order valence-corrected chi connectivity index (χ2v) is 7.23. The summed E-state index contributed by atoms with van der Waals surface area (Å²) >= 11 is 0. The molecule has 1 aliphatic heterocycles. The zero-order valence-electron chi connectivity index (χ0n) is 16.3. The number of nitrogens with zero attached hydrogens (tertiary/aromatic N) is 1. The number of ether oxygens (including phenoxy) is 2. The van der Waals surface area contributed by atoms with Crippen molar-refractivity contribution in [3.8, 4) is 22.6 Å². The molecule has 1 aliphatic rings. The van der Waals surface area contributed by atoms with Crippen LogP contribution in [0.3, 0.4) is 0 Å². The molecule has 4 rings (SSSR count). The fourth-order valence-electron chi connectivity index (χ4n) is 3.76. The van der Waals surface area contributed by atoms with E-state index in [9.17, 15) is 5.11 Å². The molecule has 0 saturated heterocycles. The first-order valence-corrected chi connectivity index (χ1v) is 9.49. The maximum absolute atomic E-state index is 10.9. The highest BCUT2D eigenvalue weighted by atomic mass is 16.5. The highest BCUT2D eigenvalue weighted by Gasteiger charge is 2.24. The molecule has 144 valence electrons. The van der Waals surface area contributed by atoms with E-state index in [1.807, 2.05) is 55.6 Å². The number of aliphatic hydroxyl groups is 1. The molecule has 0 bridgehead atoms. The minimum atomic E-state index is -0.599. The van der Waals surface area contributed by atoms with Crippen LogP contribution in [0.4, 0.5) is 0 Å². The Hall–Kier alpha value is -2.82. The van der Waals surface area contributed by atoms with Crippen LogP contribution >= 0.6 is 0 Å². The van der Waals surface area contributed by atoms with Gasteiger partial charge < -0.3 is 14.6 Å². The number of methoxy groups -OCH3 is 1. The number of benzene rings is 3. The first-order valence-electron chi connectivity index (χ1n) is 9.49. The van der Waals surface area contributed by atoms with Gasteiger partial charge in [-0.15, -0.1) is 0 Å². The molecule has 0 fully saturated rings. The zero-order chi connectivity index (χ0) is 19.5. The molecule has 4 nitrogen and oxygen atoms in total. The topological polar surface area (TPSA) is 41.9 Å². The summed E-state index contributed by atoms with van der Waals surface area (Å²) in [4.78, 5) is 2.14. The van der Waals surface area contributed by atoms with Crippen LogP contribution in [0.1, 0.15) is 22.8 Å². The molecule has 1 atom stereocenters. The number of β-amino-alcohol motifs (C(OH)–C–C–N with tert-alkyl or cyclic N) is 1. The monoisotopic (exact) mass is 375 g/mol. The number of fused-ring (bicyclic) bond motifs is 3. The quantitative estimate of drug-likeness (QED) is 0.733. The average Bonchev–Trinajstić information content (AvgIpc) is 2.72. The van der Waals surface area contributed by atoms with Gasteiger partial charge in [-0.25, -0.2) is 0 Å². The second kappa shape index (κ2) is 8.05. The summed E-state index contributed by atoms with van der Waals surface area (Å²) in [6, 6.07) is 22.3. The highest BCUT2D eigenvalue weighted by Crippen LogP contribution is 2.41. The minimum Gasteiger partial charge on any atom is -0.493 e. The molecule has 0 amide bonds. The first kappa shape index (κ1) is 18.5. The fraction of sp³-hybridized carbons (Fsp3) is 0.250. The van der Waals surface area contributed by atoms with Gasteiger partial charge in [0.15, 0.2) is 11.5 Å². The van der Waals surface area contributed by atoms with Crippen molar-refractivity contribution in [2.45, 2.75) is 19.3 Å². The van der Waals surface area contributed by atoms with E-state index in [4.69, 9.17) is 9.47 Å². The third-order valence-corrected chi connectivity index (χ3v) is 5.16. The summed E-state index contributed by atoms with van der Waals surface area (Å²) in [6.45, 7) is 1.80. The zero-order valence-corrected chi connectivity index (χ0v) is 16.3. The Labute approximate surface area is 166 Å². The Morgan fingerprint density at radius 2 is 1.71 bits per heavy atom. The predicted octanol–water partition coefficient (Wildman–Crippen LogP) is 4.42. The lowest BCUT2D eigenvalue weighted by atomic mass is 9.90. The van der Waals surface area contributed by atoms with E-state index >= 15 is 0 Å². The van der Waals surface area contributed by atoms with Gasteiger partial charge in [0.1, 0.15) is 6.61 Å². The maximum Gasteiger partial charge on any atom is 0.162 e. The molecule has 1 heterocycles. The summed E-state index contributed by atoms with van der Waals surface area (Å²) in [6.07, 6.45) is -0.599. The number of likely N-dealkylation sites (N-methyl/N-ethyl adjacent to an activating group) is 1. The predicted molar refractivity (Wildman–Crippen MR) is 110 cm³/mol. The summed E-state index contributed by atoms with van der Waals surface area (Å²) in [5.41, 5.74) is 5.30. The highest BCUT2D eigenvalue weighted by molar-refractivity contribution is 5.74. The third kappa shape index (κ3) is 3.75. The standard InChI is InChI=1S/C24H25NO3/c1-25-14-18-10-6-7-11-19(18)20-12-23(27-2)24(13-21(20)22(26)15-25)28-16-17-8-4-3-5-9-17/h3-13,22,26H,14-16H2,1-2H3. The van der Waals surface area contributed by atoms with E-state index in [0.717, 1.165) is 28.8 Å². The van der Waals surface area contributed by atoms with Crippen LogP contribution in [0.15, 0.2) is 66.7 Å². The molecule has 1 unspecified atom stereocenters. The molecule has 3 aromatic carbocycles. The lowest BCUT2D eigenvalue weighted by Gasteiger charge is -2.28. The molecule has 0 spiro atoms. The van der Waals surface area contributed by atoms with Crippen LogP contribution in [0.5, 0.6) is 11.5 Å². The van der Waals surface area contributed by atoms with Gasteiger partial charge in [0.05, 0.1) is 13.2 Å². The number of hydrogen-bond donors (Lipinski definition) is 1. The molecular weight excluding hydrogens is 350 g/mol. The molecule has 28 heavy (non-hydrogen) atoms. The Morgan fingerprint density at radius 1 is 0.964 bits per heavy atom. The Kier molecular flexibility index (Phi) is 5.33. The number of rotatable bonds is 4. The summed E-state index contributed by atoms with van der Waals surface area (Å²) < 4.78 is 11.7. The number of aliphatic hydroxyl groups excluding tert-OH is 1. The molecule has 0 radical (unpaired) electrons. The van der Waals surface area contributed by atoms with Gasteiger partial charge in [-0.3, -0.25) is 4.90 Å². The molecule has 0 aliphatic carbocycles. The van der Waals surface area contributed by atoms with Crippen molar-refractivity contribution in [1.82, 2.24) is 4.90 Å². The lowest BCUT2D eigenvalue weighted by Crippen LogP contribution is -2.26. The van der Waals surface area contributed by atoms with Gasteiger partial charge in [0.25, 0.3) is 0 Å². The van der Waals surface area contributed by atoms with Gasteiger partial charge in [0, 0.05) is 13.1 Å². The van der Waals surface area contributed by atoms with Crippen LogP contribution < -0.4 is 9.47 Å². The lowest BCUT2D eigenvalue weighted by molar-refractivity contribution is 0.122. The normalized spacial score (nSPS) is 16.5. The Balaban J connectivity index is 1.77. The molecule has 3 aromatic rings. The Bertz CT molecular complexity index is 955. The van der Waals surface area contributed by atoms with E-state index in [1.54, 1.807) is 7.11 Å². The van der Waals surface area contributed by atoms with E-state index in [1.165, 1.54) is 5.56 Å². The van der Waals surface area contributed by atoms with E-state index < -0.39 is 6.10 Å². The molecule has 1 N–H and O–H groups in total. The smallest absolute Gasteiger partial charge is 0.162 e. The van der Waals surface area contributed by atoms with Gasteiger partial charge in [-0.05, 0) is 47.0 Å². The van der Waals surface area contributed by atoms with Crippen molar-refractivity contribution < 1.29 is 14.6 Å². The van der Waals surface area contributed by atoms with Crippen molar-refractivity contribution in [3.05, 3.63) is 83.4 Å². The fourth-order valence-corrected chi connectivity index (χ4v) is 3.76. The van der Waals surface area contributed by atoms with E-state index in [-0.39, 0.29) is 0 Å². The minimum absolute atomic E-state index is 0.447. The number of hydrogen-bond acceptors (Lipinski definition) is 4. The third-order valence-electron chi connectivity index (χ3n) is 5.16. The summed E-state index contributed by atoms with van der Waals surface area (Å²) in [5, 5.41) is 10.9. The van der Waals surface area contributed by atoms with Crippen molar-refractivity contribution in [3.63, 3.8) is 0 Å². The Morgan fingerprint density at radius 3 is 2.50 bits per heavy atom. The summed E-state index contributed by atoms with van der Waals surface area (Å²) in [7, 11) is 3.68. The largest absolute Gasteiger partial charge is 0.493 e. The maximum atomic E-state index is 10.9. The SMILES string of the molecule is COc1cc2c(cc1OCc1ccccc1)C(O)CN(C)Cc1ccccc1-2. The van der Waals surface area contributed by atoms with Crippen molar-refractivity contribution in [1.29, 1.82) is 0 Å².